The van der Waals surface area contributed by atoms with E-state index in [0.717, 1.165) is 25.7 Å². The summed E-state index contributed by atoms with van der Waals surface area (Å²) in [5, 5.41) is 19.0. The molecule has 0 aromatic carbocycles. The van der Waals surface area contributed by atoms with E-state index in [1.54, 1.807) is 0 Å². The van der Waals surface area contributed by atoms with Gasteiger partial charge in [0.05, 0.1) is 12.6 Å². The van der Waals surface area contributed by atoms with Crippen LogP contribution in [0.3, 0.4) is 0 Å². The molecule has 2 rings (SSSR count). The normalized spacial score (nSPS) is 22.4. The van der Waals surface area contributed by atoms with Gasteiger partial charge in [0, 0.05) is 12.0 Å². The summed E-state index contributed by atoms with van der Waals surface area (Å²) in [6.07, 6.45) is 3.49. The molecular weight excluding hydrogens is 284 g/mol. The smallest absolute Gasteiger partial charge is 0.315 e. The Morgan fingerprint density at radius 3 is 2.77 bits per heavy atom. The van der Waals surface area contributed by atoms with Gasteiger partial charge in [0.25, 0.3) is 0 Å². The molecule has 22 heavy (non-hydrogen) atoms. The molecular formula is C15H26N4O3. The number of carbonyl (C=O) groups excluding carboxylic acids is 1. The number of nitrogens with zero attached hydrogens (tertiary/aromatic N) is 2. The van der Waals surface area contributed by atoms with Crippen LogP contribution in [0.2, 0.25) is 0 Å². The van der Waals surface area contributed by atoms with Crippen molar-refractivity contribution < 1.29 is 14.4 Å². The highest BCUT2D eigenvalue weighted by Gasteiger charge is 2.22. The molecule has 1 aromatic heterocycles. The highest BCUT2D eigenvalue weighted by molar-refractivity contribution is 5.73. The molecule has 1 saturated carbocycles. The Labute approximate surface area is 130 Å². The van der Waals surface area contributed by atoms with E-state index in [1.165, 1.54) is 0 Å². The SMILES string of the molecule is CC(C)(C)c1nc(CNC(=O)NCC2CCCC(O)C2)no1. The van der Waals surface area contributed by atoms with Gasteiger partial charge in [0.2, 0.25) is 5.89 Å². The van der Waals surface area contributed by atoms with E-state index in [2.05, 4.69) is 20.8 Å². The first-order valence-corrected chi connectivity index (χ1v) is 7.87. The van der Waals surface area contributed by atoms with E-state index in [0.29, 0.717) is 24.2 Å². The number of amides is 2. The molecule has 0 bridgehead atoms. The third-order valence-corrected chi connectivity index (χ3v) is 3.82. The largest absolute Gasteiger partial charge is 0.393 e. The van der Waals surface area contributed by atoms with Gasteiger partial charge in [-0.3, -0.25) is 0 Å². The fraction of sp³-hybridized carbons (Fsp3) is 0.800. The molecule has 0 aliphatic heterocycles. The summed E-state index contributed by atoms with van der Waals surface area (Å²) < 4.78 is 5.17. The first-order chi connectivity index (χ1) is 10.3. The van der Waals surface area contributed by atoms with Gasteiger partial charge in [-0.15, -0.1) is 0 Å². The summed E-state index contributed by atoms with van der Waals surface area (Å²) in [5.74, 6) is 1.38. The lowest BCUT2D eigenvalue weighted by Gasteiger charge is -2.25. The molecule has 2 atom stereocenters. The van der Waals surface area contributed by atoms with Crippen molar-refractivity contribution in [2.45, 2.75) is 64.5 Å². The molecule has 2 amide bonds. The van der Waals surface area contributed by atoms with Crippen LogP contribution in [0.25, 0.3) is 0 Å². The van der Waals surface area contributed by atoms with Crippen LogP contribution < -0.4 is 10.6 Å². The molecule has 2 unspecified atom stereocenters. The lowest BCUT2D eigenvalue weighted by atomic mass is 9.87. The average Bonchev–Trinajstić information content (AvgIpc) is 2.92. The topological polar surface area (TPSA) is 100 Å². The van der Waals surface area contributed by atoms with Gasteiger partial charge >= 0.3 is 6.03 Å². The predicted octanol–water partition coefficient (Wildman–Crippen LogP) is 1.72. The molecule has 7 heteroatoms. The van der Waals surface area contributed by atoms with Crippen molar-refractivity contribution in [1.29, 1.82) is 0 Å². The molecule has 0 saturated heterocycles. The average molecular weight is 310 g/mol. The van der Waals surface area contributed by atoms with Gasteiger partial charge < -0.3 is 20.3 Å². The lowest BCUT2D eigenvalue weighted by molar-refractivity contribution is 0.101. The molecule has 0 radical (unpaired) electrons. The Kier molecular flexibility index (Phi) is 5.39. The van der Waals surface area contributed by atoms with Crippen LogP contribution in [-0.4, -0.2) is 33.9 Å². The third kappa shape index (κ3) is 4.98. The summed E-state index contributed by atoms with van der Waals surface area (Å²) in [7, 11) is 0. The van der Waals surface area contributed by atoms with Crippen LogP contribution in [-0.2, 0) is 12.0 Å². The second-order valence-corrected chi connectivity index (χ2v) is 7.02. The van der Waals surface area contributed by atoms with Gasteiger partial charge in [0.1, 0.15) is 0 Å². The molecule has 1 aliphatic rings. The Bertz CT molecular complexity index is 495. The maximum atomic E-state index is 11.8. The number of aliphatic hydroxyl groups excluding tert-OH is 1. The van der Waals surface area contributed by atoms with Crippen LogP contribution in [0.4, 0.5) is 4.79 Å². The fourth-order valence-corrected chi connectivity index (χ4v) is 2.54. The monoisotopic (exact) mass is 310 g/mol. The highest BCUT2D eigenvalue weighted by Crippen LogP contribution is 2.23. The van der Waals surface area contributed by atoms with Crippen LogP contribution >= 0.6 is 0 Å². The first-order valence-electron chi connectivity index (χ1n) is 7.87. The van der Waals surface area contributed by atoms with Crippen LogP contribution in [0, 0.1) is 5.92 Å². The van der Waals surface area contributed by atoms with Crippen molar-refractivity contribution >= 4 is 6.03 Å². The maximum absolute atomic E-state index is 11.8. The molecule has 7 nitrogen and oxygen atoms in total. The number of urea groups is 1. The van der Waals surface area contributed by atoms with Gasteiger partial charge in [-0.05, 0) is 25.2 Å². The fourth-order valence-electron chi connectivity index (χ4n) is 2.54. The second-order valence-electron chi connectivity index (χ2n) is 7.02. The van der Waals surface area contributed by atoms with E-state index < -0.39 is 0 Å². The van der Waals surface area contributed by atoms with Crippen molar-refractivity contribution in [3.8, 4) is 0 Å². The Morgan fingerprint density at radius 1 is 1.36 bits per heavy atom. The van der Waals surface area contributed by atoms with Crippen LogP contribution in [0.5, 0.6) is 0 Å². The summed E-state index contributed by atoms with van der Waals surface area (Å²) >= 11 is 0. The number of hydrogen-bond acceptors (Lipinski definition) is 5. The van der Waals surface area contributed by atoms with E-state index in [9.17, 15) is 9.90 Å². The Morgan fingerprint density at radius 2 is 2.14 bits per heavy atom. The van der Waals surface area contributed by atoms with Crippen molar-refractivity contribution in [1.82, 2.24) is 20.8 Å². The second kappa shape index (κ2) is 7.09. The lowest BCUT2D eigenvalue weighted by Crippen LogP contribution is -2.39. The standard InChI is InChI=1S/C15H26N4O3/c1-15(2,3)13-18-12(19-22-13)9-17-14(21)16-8-10-5-4-6-11(20)7-10/h10-11,20H,4-9H2,1-3H3,(H2,16,17,21). The van der Waals surface area contributed by atoms with E-state index in [4.69, 9.17) is 4.52 Å². The van der Waals surface area contributed by atoms with Gasteiger partial charge in [0.15, 0.2) is 5.82 Å². The third-order valence-electron chi connectivity index (χ3n) is 3.82. The number of rotatable bonds is 4. The molecule has 3 N–H and O–H groups in total. The van der Waals surface area contributed by atoms with Crippen molar-refractivity contribution in [3.63, 3.8) is 0 Å². The van der Waals surface area contributed by atoms with Gasteiger partial charge in [-0.2, -0.15) is 4.98 Å². The number of aliphatic hydroxyl groups is 1. The van der Waals surface area contributed by atoms with Gasteiger partial charge in [-0.1, -0.05) is 32.3 Å². The number of hydrogen-bond donors (Lipinski definition) is 3. The van der Waals surface area contributed by atoms with Crippen LogP contribution in [0.1, 0.15) is 58.2 Å². The van der Waals surface area contributed by atoms with Crippen molar-refractivity contribution in [3.05, 3.63) is 11.7 Å². The Hall–Kier alpha value is -1.63. The minimum absolute atomic E-state index is 0.199. The predicted molar refractivity (Wildman–Crippen MR) is 81.2 cm³/mol. The van der Waals surface area contributed by atoms with E-state index in [1.807, 2.05) is 20.8 Å². The minimum Gasteiger partial charge on any atom is -0.393 e. The van der Waals surface area contributed by atoms with Gasteiger partial charge in [-0.25, -0.2) is 4.79 Å². The Balaban J connectivity index is 1.70. The molecule has 124 valence electrons. The van der Waals surface area contributed by atoms with Crippen molar-refractivity contribution in [2.75, 3.05) is 6.54 Å². The molecule has 1 heterocycles. The van der Waals surface area contributed by atoms with Crippen molar-refractivity contribution in [2.24, 2.45) is 5.92 Å². The minimum atomic E-state index is -0.248. The van der Waals surface area contributed by atoms with Crippen LogP contribution in [0.15, 0.2) is 4.52 Å². The summed E-state index contributed by atoms with van der Waals surface area (Å²) in [6.45, 7) is 6.79. The van der Waals surface area contributed by atoms with E-state index in [-0.39, 0.29) is 24.1 Å². The summed E-state index contributed by atoms with van der Waals surface area (Å²) in [5.41, 5.74) is -0.199. The molecule has 1 fully saturated rings. The number of nitrogens with one attached hydrogen (secondary N) is 2. The maximum Gasteiger partial charge on any atom is 0.315 e. The highest BCUT2D eigenvalue weighted by atomic mass is 16.5. The summed E-state index contributed by atoms with van der Waals surface area (Å²) in [4.78, 5) is 16.0. The van der Waals surface area contributed by atoms with E-state index >= 15 is 0 Å². The number of aromatic nitrogens is 2. The number of carbonyl (C=O) groups is 1. The quantitative estimate of drug-likeness (QED) is 0.786. The first kappa shape index (κ1) is 16.7. The summed E-state index contributed by atoms with van der Waals surface area (Å²) in [6, 6.07) is -0.248. The molecule has 1 aromatic rings. The molecule has 0 spiro atoms. The zero-order valence-electron chi connectivity index (χ0n) is 13.6. The zero-order valence-corrected chi connectivity index (χ0v) is 13.6. The zero-order chi connectivity index (χ0) is 16.2. The molecule has 1 aliphatic carbocycles.